The minimum absolute atomic E-state index is 0.0207. The lowest BCUT2D eigenvalue weighted by Gasteiger charge is -2.28. The molecule has 2 aliphatic carbocycles. The van der Waals surface area contributed by atoms with Gasteiger partial charge in [0.05, 0.1) is 6.07 Å². The van der Waals surface area contributed by atoms with Crippen LogP contribution >= 0.6 is 0 Å². The van der Waals surface area contributed by atoms with Crippen LogP contribution in [0.4, 0.5) is 4.39 Å². The third-order valence-electron chi connectivity index (χ3n) is 6.80. The second-order valence-corrected chi connectivity index (χ2v) is 8.37. The summed E-state index contributed by atoms with van der Waals surface area (Å²) in [5.74, 6) is 2.26. The Morgan fingerprint density at radius 2 is 1.68 bits per heavy atom. The second-order valence-electron chi connectivity index (χ2n) is 8.37. The summed E-state index contributed by atoms with van der Waals surface area (Å²) < 4.78 is 14.6. The van der Waals surface area contributed by atoms with E-state index in [1.165, 1.54) is 38.5 Å². The predicted molar refractivity (Wildman–Crippen MR) is 101 cm³/mol. The van der Waals surface area contributed by atoms with Gasteiger partial charge in [-0.3, -0.25) is 0 Å². The van der Waals surface area contributed by atoms with E-state index in [1.54, 1.807) is 6.07 Å². The molecule has 2 fully saturated rings. The number of nitriles is 1. The minimum atomic E-state index is -0.0207. The van der Waals surface area contributed by atoms with Crippen LogP contribution in [0, 0.1) is 34.9 Å². The fraction of sp³-hybridized carbons (Fsp3) is 0.696. The van der Waals surface area contributed by atoms with E-state index >= 15 is 0 Å². The lowest BCUT2D eigenvalue weighted by molar-refractivity contribution is 0.258. The molecule has 0 amide bonds. The summed E-state index contributed by atoms with van der Waals surface area (Å²) in [6.07, 6.45) is 12.8. The zero-order chi connectivity index (χ0) is 17.6. The molecule has 0 unspecified atom stereocenters. The van der Waals surface area contributed by atoms with Crippen molar-refractivity contribution in [3.05, 3.63) is 35.1 Å². The summed E-state index contributed by atoms with van der Waals surface area (Å²) in [4.78, 5) is 0. The van der Waals surface area contributed by atoms with Gasteiger partial charge in [0.15, 0.2) is 0 Å². The summed E-state index contributed by atoms with van der Waals surface area (Å²) >= 11 is 0. The van der Waals surface area contributed by atoms with Crippen molar-refractivity contribution in [2.45, 2.75) is 83.5 Å². The number of halogens is 1. The molecule has 1 aromatic rings. The Morgan fingerprint density at radius 3 is 2.28 bits per heavy atom. The molecule has 1 nitrogen and oxygen atoms in total. The van der Waals surface area contributed by atoms with Gasteiger partial charge in [-0.15, -0.1) is 0 Å². The van der Waals surface area contributed by atoms with Crippen molar-refractivity contribution < 1.29 is 4.39 Å². The van der Waals surface area contributed by atoms with Crippen LogP contribution in [0.25, 0.3) is 0 Å². The summed E-state index contributed by atoms with van der Waals surface area (Å²) in [7, 11) is 0. The van der Waals surface area contributed by atoms with E-state index in [0.29, 0.717) is 5.92 Å². The number of benzene rings is 1. The van der Waals surface area contributed by atoms with Gasteiger partial charge in [-0.25, -0.2) is 4.39 Å². The number of rotatable bonds is 5. The lowest BCUT2D eigenvalue weighted by atomic mass is 9.78. The average Bonchev–Trinajstić information content (AvgIpc) is 2.67. The molecular formula is C23H32FN. The molecule has 0 bridgehead atoms. The van der Waals surface area contributed by atoms with Crippen molar-refractivity contribution in [1.29, 1.82) is 5.26 Å². The Morgan fingerprint density at radius 1 is 1.00 bits per heavy atom. The van der Waals surface area contributed by atoms with E-state index in [-0.39, 0.29) is 11.7 Å². The monoisotopic (exact) mass is 341 g/mol. The molecule has 2 aliphatic rings. The van der Waals surface area contributed by atoms with Gasteiger partial charge in [-0.2, -0.15) is 5.26 Å². The van der Waals surface area contributed by atoms with Crippen LogP contribution in [0.1, 0.15) is 88.2 Å². The smallest absolute Gasteiger partial charge is 0.126 e. The van der Waals surface area contributed by atoms with Crippen LogP contribution in [-0.4, -0.2) is 0 Å². The van der Waals surface area contributed by atoms with Crippen molar-refractivity contribution in [3.63, 3.8) is 0 Å². The third kappa shape index (κ3) is 4.84. The Bertz CT molecular complexity index is 587. The summed E-state index contributed by atoms with van der Waals surface area (Å²) in [6, 6.07) is 8.31. The van der Waals surface area contributed by atoms with Gasteiger partial charge in [0, 0.05) is 5.92 Å². The molecule has 3 rings (SSSR count). The van der Waals surface area contributed by atoms with Crippen molar-refractivity contribution in [2.24, 2.45) is 17.8 Å². The number of hydrogen-bond acceptors (Lipinski definition) is 1. The number of hydrogen-bond donors (Lipinski definition) is 0. The number of nitrogens with zero attached hydrogens (tertiary/aromatic N) is 1. The second kappa shape index (κ2) is 8.84. The van der Waals surface area contributed by atoms with Gasteiger partial charge in [0.1, 0.15) is 5.82 Å². The lowest BCUT2D eigenvalue weighted by Crippen LogP contribution is -2.15. The molecule has 0 aromatic heterocycles. The predicted octanol–water partition coefficient (Wildman–Crippen LogP) is 6.77. The van der Waals surface area contributed by atoms with Gasteiger partial charge >= 0.3 is 0 Å². The highest BCUT2D eigenvalue weighted by Crippen LogP contribution is 2.37. The van der Waals surface area contributed by atoms with Crippen LogP contribution in [0.15, 0.2) is 18.2 Å². The number of aryl methyl sites for hydroxylation is 1. The van der Waals surface area contributed by atoms with E-state index in [1.807, 2.05) is 6.07 Å². The van der Waals surface area contributed by atoms with Gasteiger partial charge in [-0.05, 0) is 73.5 Å². The summed E-state index contributed by atoms with van der Waals surface area (Å²) in [5, 5.41) is 9.01. The maximum atomic E-state index is 14.6. The summed E-state index contributed by atoms with van der Waals surface area (Å²) in [6.45, 7) is 2.31. The fourth-order valence-corrected chi connectivity index (χ4v) is 4.89. The highest BCUT2D eigenvalue weighted by atomic mass is 19.1. The molecule has 136 valence electrons. The fourth-order valence-electron chi connectivity index (χ4n) is 4.89. The highest BCUT2D eigenvalue weighted by Gasteiger charge is 2.24. The normalized spacial score (nSPS) is 30.0. The standard InChI is InChI=1S/C23H32FN/c1-2-17-3-5-18(6-4-17)7-8-19-11-14-22(23(24)15-19)21-12-9-20(16-25)10-13-21/h11,14-15,17-18,20-21H,2-10,12-13H2,1H3/t17-,18-,20-,21-. The van der Waals surface area contributed by atoms with Gasteiger partial charge in [0.2, 0.25) is 0 Å². The zero-order valence-electron chi connectivity index (χ0n) is 15.6. The SMILES string of the molecule is CC[C@H]1CC[C@H](CCc2ccc([C@H]3CC[C@H](C#N)CC3)c(F)c2)CC1. The van der Waals surface area contributed by atoms with E-state index in [9.17, 15) is 4.39 Å². The van der Waals surface area contributed by atoms with E-state index in [4.69, 9.17) is 5.26 Å². The topological polar surface area (TPSA) is 23.8 Å². The first kappa shape index (κ1) is 18.4. The van der Waals surface area contributed by atoms with E-state index in [0.717, 1.165) is 55.1 Å². The van der Waals surface area contributed by atoms with Crippen molar-refractivity contribution in [3.8, 4) is 6.07 Å². The van der Waals surface area contributed by atoms with Crippen molar-refractivity contribution in [2.75, 3.05) is 0 Å². The molecule has 2 saturated carbocycles. The van der Waals surface area contributed by atoms with Crippen molar-refractivity contribution in [1.82, 2.24) is 0 Å². The molecule has 1 aromatic carbocycles. The average molecular weight is 342 g/mol. The van der Waals surface area contributed by atoms with Gasteiger partial charge in [-0.1, -0.05) is 51.2 Å². The minimum Gasteiger partial charge on any atom is -0.207 e. The first-order chi connectivity index (χ1) is 12.2. The first-order valence-electron chi connectivity index (χ1n) is 10.4. The molecule has 2 heteroatoms. The van der Waals surface area contributed by atoms with Crippen LogP contribution in [0.5, 0.6) is 0 Å². The van der Waals surface area contributed by atoms with Gasteiger partial charge in [0.25, 0.3) is 0 Å². The highest BCUT2D eigenvalue weighted by molar-refractivity contribution is 5.28. The van der Waals surface area contributed by atoms with E-state index in [2.05, 4.69) is 19.1 Å². The first-order valence-corrected chi connectivity index (χ1v) is 10.4. The van der Waals surface area contributed by atoms with E-state index < -0.39 is 0 Å². The third-order valence-corrected chi connectivity index (χ3v) is 6.80. The Balaban J connectivity index is 1.51. The molecule has 25 heavy (non-hydrogen) atoms. The van der Waals surface area contributed by atoms with Crippen LogP contribution in [0.3, 0.4) is 0 Å². The molecule has 0 atom stereocenters. The Kier molecular flexibility index (Phi) is 6.51. The molecule has 0 N–H and O–H groups in total. The molecule has 0 aliphatic heterocycles. The largest absolute Gasteiger partial charge is 0.207 e. The molecule has 0 radical (unpaired) electrons. The Hall–Kier alpha value is -1.36. The van der Waals surface area contributed by atoms with Crippen molar-refractivity contribution >= 4 is 0 Å². The molecule has 0 spiro atoms. The molecule has 0 saturated heterocycles. The van der Waals surface area contributed by atoms with Crippen LogP contribution in [0.2, 0.25) is 0 Å². The Labute approximate surface area is 152 Å². The van der Waals surface area contributed by atoms with Gasteiger partial charge < -0.3 is 0 Å². The molecule has 0 heterocycles. The van der Waals surface area contributed by atoms with Crippen LogP contribution in [-0.2, 0) is 6.42 Å². The zero-order valence-corrected chi connectivity index (χ0v) is 15.6. The maximum absolute atomic E-state index is 14.6. The quantitative estimate of drug-likeness (QED) is 0.579. The van der Waals surface area contributed by atoms with Crippen LogP contribution < -0.4 is 0 Å². The maximum Gasteiger partial charge on any atom is 0.126 e. The molecular weight excluding hydrogens is 309 g/mol. The summed E-state index contributed by atoms with van der Waals surface area (Å²) in [5.41, 5.74) is 2.04.